The lowest BCUT2D eigenvalue weighted by Crippen LogP contribution is -2.27. The number of amides is 1. The molecule has 0 atom stereocenters. The Balaban J connectivity index is 1.30. The summed E-state index contributed by atoms with van der Waals surface area (Å²) in [7, 11) is 4.85. The zero-order valence-electron chi connectivity index (χ0n) is 19.3. The van der Waals surface area contributed by atoms with Crippen molar-refractivity contribution in [1.29, 1.82) is 0 Å². The maximum atomic E-state index is 12.3. The van der Waals surface area contributed by atoms with E-state index in [1.54, 1.807) is 25.8 Å². The molecule has 0 aliphatic carbocycles. The van der Waals surface area contributed by atoms with Crippen LogP contribution in [0.25, 0.3) is 16.9 Å². The van der Waals surface area contributed by atoms with Crippen LogP contribution in [-0.4, -0.2) is 54.1 Å². The molecule has 176 valence electrons. The van der Waals surface area contributed by atoms with Gasteiger partial charge in [-0.15, -0.1) is 0 Å². The van der Waals surface area contributed by atoms with Crippen LogP contribution in [0.3, 0.4) is 0 Å². The third kappa shape index (κ3) is 5.60. The van der Waals surface area contributed by atoms with Crippen LogP contribution < -0.4 is 19.5 Å². The van der Waals surface area contributed by atoms with E-state index in [1.165, 1.54) is 11.8 Å². The molecule has 0 unspecified atom stereocenters. The second-order valence-electron chi connectivity index (χ2n) is 7.41. The van der Waals surface area contributed by atoms with Crippen molar-refractivity contribution < 1.29 is 19.0 Å². The highest BCUT2D eigenvalue weighted by molar-refractivity contribution is 7.99. The fourth-order valence-corrected chi connectivity index (χ4v) is 4.11. The number of imidazole rings is 1. The molecule has 1 amide bonds. The van der Waals surface area contributed by atoms with Crippen molar-refractivity contribution in [2.45, 2.75) is 11.4 Å². The Kier molecular flexibility index (Phi) is 7.54. The summed E-state index contributed by atoms with van der Waals surface area (Å²) in [5.74, 6) is 2.40. The van der Waals surface area contributed by atoms with Crippen molar-refractivity contribution in [3.05, 3.63) is 66.4 Å². The summed E-state index contributed by atoms with van der Waals surface area (Å²) >= 11 is 1.39. The SMILES string of the molecule is COc1ccc(-c2cn3nc(SCC(=O)NCCc4ccc(OC)c(OC)c4)ccc3n2)cc1. The van der Waals surface area contributed by atoms with Crippen molar-refractivity contribution in [2.75, 3.05) is 33.6 Å². The lowest BCUT2D eigenvalue weighted by Gasteiger charge is -2.10. The third-order valence-electron chi connectivity index (χ3n) is 5.22. The van der Waals surface area contributed by atoms with Crippen molar-refractivity contribution in [1.82, 2.24) is 19.9 Å². The van der Waals surface area contributed by atoms with Gasteiger partial charge in [0.05, 0.1) is 39.0 Å². The number of methoxy groups -OCH3 is 3. The van der Waals surface area contributed by atoms with Crippen LogP contribution in [0.2, 0.25) is 0 Å². The maximum Gasteiger partial charge on any atom is 0.230 e. The van der Waals surface area contributed by atoms with Gasteiger partial charge in [-0.3, -0.25) is 4.79 Å². The molecule has 8 nitrogen and oxygen atoms in total. The average Bonchev–Trinajstić information content (AvgIpc) is 3.31. The zero-order valence-corrected chi connectivity index (χ0v) is 20.1. The number of nitrogens with zero attached hydrogens (tertiary/aromatic N) is 3. The lowest BCUT2D eigenvalue weighted by molar-refractivity contribution is -0.118. The molecule has 0 bridgehead atoms. The minimum atomic E-state index is -0.0445. The maximum absolute atomic E-state index is 12.3. The molecule has 0 fully saturated rings. The van der Waals surface area contributed by atoms with E-state index >= 15 is 0 Å². The molecular formula is C25H26N4O4S. The van der Waals surface area contributed by atoms with E-state index in [1.807, 2.05) is 60.8 Å². The Morgan fingerprint density at radius 2 is 1.76 bits per heavy atom. The smallest absolute Gasteiger partial charge is 0.230 e. The first kappa shape index (κ1) is 23.4. The van der Waals surface area contributed by atoms with Crippen LogP contribution in [0.15, 0.2) is 65.8 Å². The van der Waals surface area contributed by atoms with Gasteiger partial charge in [0.1, 0.15) is 10.8 Å². The number of rotatable bonds is 10. The summed E-state index contributed by atoms with van der Waals surface area (Å²) in [6, 6.07) is 17.3. The topological polar surface area (TPSA) is 87.0 Å². The Hall–Kier alpha value is -3.72. The standard InChI is InChI=1S/C25H26N4O4S/c1-31-19-7-5-18(6-8-19)20-15-29-23(27-20)10-11-25(28-29)34-16-24(30)26-13-12-17-4-9-21(32-2)22(14-17)33-3/h4-11,14-15H,12-13,16H2,1-3H3,(H,26,30). The number of nitrogens with one attached hydrogen (secondary N) is 1. The molecule has 2 heterocycles. The van der Waals surface area contributed by atoms with Gasteiger partial charge in [0.25, 0.3) is 0 Å². The molecule has 2 aromatic carbocycles. The number of hydrogen-bond donors (Lipinski definition) is 1. The highest BCUT2D eigenvalue weighted by Gasteiger charge is 2.09. The molecule has 0 spiro atoms. The summed E-state index contributed by atoms with van der Waals surface area (Å²) < 4.78 is 17.5. The third-order valence-corrected chi connectivity index (χ3v) is 6.14. The average molecular weight is 479 g/mol. The summed E-state index contributed by atoms with van der Waals surface area (Å²) in [4.78, 5) is 16.9. The molecular weight excluding hydrogens is 452 g/mol. The number of fused-ring (bicyclic) bond motifs is 1. The molecule has 0 aliphatic rings. The first-order chi connectivity index (χ1) is 16.6. The molecule has 2 aromatic heterocycles. The largest absolute Gasteiger partial charge is 0.497 e. The van der Waals surface area contributed by atoms with Crippen LogP contribution in [0, 0.1) is 0 Å². The van der Waals surface area contributed by atoms with Crippen LogP contribution in [-0.2, 0) is 11.2 Å². The van der Waals surface area contributed by atoms with Gasteiger partial charge < -0.3 is 19.5 Å². The number of carbonyl (C=O) groups excluding carboxylic acids is 1. The van der Waals surface area contributed by atoms with E-state index in [2.05, 4.69) is 15.4 Å². The van der Waals surface area contributed by atoms with Gasteiger partial charge in [-0.2, -0.15) is 5.10 Å². The zero-order chi connectivity index (χ0) is 23.9. The van der Waals surface area contributed by atoms with E-state index in [-0.39, 0.29) is 11.7 Å². The Morgan fingerprint density at radius 3 is 2.50 bits per heavy atom. The van der Waals surface area contributed by atoms with Gasteiger partial charge in [0, 0.05) is 12.1 Å². The molecule has 0 aliphatic heterocycles. The van der Waals surface area contributed by atoms with Gasteiger partial charge in [-0.25, -0.2) is 9.50 Å². The summed E-state index contributed by atoms with van der Waals surface area (Å²) in [6.07, 6.45) is 2.58. The molecule has 1 N–H and O–H groups in total. The molecule has 0 saturated heterocycles. The van der Waals surface area contributed by atoms with E-state index < -0.39 is 0 Å². The summed E-state index contributed by atoms with van der Waals surface area (Å²) in [5, 5.41) is 8.28. The monoisotopic (exact) mass is 478 g/mol. The first-order valence-electron chi connectivity index (χ1n) is 10.7. The van der Waals surface area contributed by atoms with Crippen LogP contribution in [0.5, 0.6) is 17.2 Å². The highest BCUT2D eigenvalue weighted by atomic mass is 32.2. The molecule has 4 rings (SSSR count). The number of ether oxygens (including phenoxy) is 3. The molecule has 0 saturated carbocycles. The van der Waals surface area contributed by atoms with E-state index in [4.69, 9.17) is 14.2 Å². The predicted octanol–water partition coefficient (Wildman–Crippen LogP) is 3.87. The molecule has 4 aromatic rings. The number of thioether (sulfide) groups is 1. The van der Waals surface area contributed by atoms with Crippen molar-refractivity contribution >= 4 is 23.3 Å². The van der Waals surface area contributed by atoms with Crippen LogP contribution >= 0.6 is 11.8 Å². The van der Waals surface area contributed by atoms with Crippen molar-refractivity contribution in [3.63, 3.8) is 0 Å². The summed E-state index contributed by atoms with van der Waals surface area (Å²) in [5.41, 5.74) is 3.61. The van der Waals surface area contributed by atoms with E-state index in [9.17, 15) is 4.79 Å². The number of aromatic nitrogens is 3. The lowest BCUT2D eigenvalue weighted by atomic mass is 10.1. The Morgan fingerprint density at radius 1 is 0.971 bits per heavy atom. The number of benzene rings is 2. The van der Waals surface area contributed by atoms with Crippen molar-refractivity contribution in [3.8, 4) is 28.5 Å². The Labute approximate surface area is 202 Å². The molecule has 0 radical (unpaired) electrons. The molecule has 9 heteroatoms. The summed E-state index contributed by atoms with van der Waals surface area (Å²) in [6.45, 7) is 0.536. The van der Waals surface area contributed by atoms with Gasteiger partial charge in [0.15, 0.2) is 17.1 Å². The highest BCUT2D eigenvalue weighted by Crippen LogP contribution is 2.27. The van der Waals surface area contributed by atoms with Crippen molar-refractivity contribution in [2.24, 2.45) is 0 Å². The quantitative estimate of drug-likeness (QED) is 0.346. The second-order valence-corrected chi connectivity index (χ2v) is 8.40. The minimum absolute atomic E-state index is 0.0445. The number of carbonyl (C=O) groups is 1. The second kappa shape index (κ2) is 10.9. The normalized spacial score (nSPS) is 10.8. The van der Waals surface area contributed by atoms with Crippen LogP contribution in [0.1, 0.15) is 5.56 Å². The van der Waals surface area contributed by atoms with Gasteiger partial charge in [-0.05, 0) is 60.5 Å². The first-order valence-corrected chi connectivity index (χ1v) is 11.7. The van der Waals surface area contributed by atoms with Gasteiger partial charge in [0.2, 0.25) is 5.91 Å². The van der Waals surface area contributed by atoms with E-state index in [0.29, 0.717) is 24.5 Å². The number of hydrogen-bond acceptors (Lipinski definition) is 7. The predicted molar refractivity (Wildman–Crippen MR) is 132 cm³/mol. The van der Waals surface area contributed by atoms with Gasteiger partial charge >= 0.3 is 0 Å². The molecule has 34 heavy (non-hydrogen) atoms. The minimum Gasteiger partial charge on any atom is -0.497 e. The fraction of sp³-hybridized carbons (Fsp3) is 0.240. The fourth-order valence-electron chi connectivity index (χ4n) is 3.42. The van der Waals surface area contributed by atoms with Crippen LogP contribution in [0.4, 0.5) is 0 Å². The van der Waals surface area contributed by atoms with E-state index in [0.717, 1.165) is 33.2 Å². The van der Waals surface area contributed by atoms with Gasteiger partial charge in [-0.1, -0.05) is 17.8 Å². The Bertz CT molecular complexity index is 1270.